The topological polar surface area (TPSA) is 66.6 Å². The molecule has 1 heterocycles. The van der Waals surface area contributed by atoms with E-state index in [9.17, 15) is 10.1 Å². The molecule has 0 bridgehead atoms. The molecule has 6 heteroatoms. The highest BCUT2D eigenvalue weighted by Crippen LogP contribution is 2.26. The van der Waals surface area contributed by atoms with Gasteiger partial charge in [0.1, 0.15) is 0 Å². The van der Waals surface area contributed by atoms with E-state index in [0.717, 1.165) is 31.5 Å². The monoisotopic (exact) mass is 284 g/mol. The third-order valence-corrected chi connectivity index (χ3v) is 3.90. The maximum atomic E-state index is 10.6. The Bertz CT molecular complexity index is 467. The number of aliphatic hydroxyl groups excluding tert-OH is 1. The van der Waals surface area contributed by atoms with E-state index in [1.165, 1.54) is 12.1 Å². The van der Waals surface area contributed by atoms with Crippen LogP contribution in [0.25, 0.3) is 0 Å². The summed E-state index contributed by atoms with van der Waals surface area (Å²) < 4.78 is 0. The van der Waals surface area contributed by atoms with Gasteiger partial charge in [0, 0.05) is 31.8 Å². The van der Waals surface area contributed by atoms with Crippen molar-refractivity contribution in [2.24, 2.45) is 5.92 Å². The summed E-state index contributed by atoms with van der Waals surface area (Å²) in [5.74, 6) is 0.543. The van der Waals surface area contributed by atoms with Crippen LogP contribution in [0.4, 0.5) is 5.69 Å². The predicted octanol–water partition coefficient (Wildman–Crippen LogP) is 2.45. The zero-order valence-corrected chi connectivity index (χ0v) is 11.3. The van der Waals surface area contributed by atoms with Gasteiger partial charge in [0.25, 0.3) is 5.69 Å². The van der Waals surface area contributed by atoms with Crippen molar-refractivity contribution < 1.29 is 10.0 Å². The van der Waals surface area contributed by atoms with Gasteiger partial charge in [-0.05, 0) is 36.9 Å². The molecule has 5 nitrogen and oxygen atoms in total. The lowest BCUT2D eigenvalue weighted by molar-refractivity contribution is -0.384. The molecule has 1 aliphatic rings. The average molecular weight is 285 g/mol. The van der Waals surface area contributed by atoms with Crippen LogP contribution in [0.3, 0.4) is 0 Å². The summed E-state index contributed by atoms with van der Waals surface area (Å²) in [6, 6.07) is 4.61. The van der Waals surface area contributed by atoms with Crippen molar-refractivity contribution in [3.8, 4) is 0 Å². The fraction of sp³-hybridized carbons (Fsp3) is 0.538. The van der Waals surface area contributed by atoms with E-state index in [2.05, 4.69) is 4.90 Å². The van der Waals surface area contributed by atoms with Gasteiger partial charge < -0.3 is 5.11 Å². The number of halogens is 1. The molecular formula is C13H17ClN2O3. The summed E-state index contributed by atoms with van der Waals surface area (Å²) in [5, 5.41) is 20.0. The van der Waals surface area contributed by atoms with Crippen molar-refractivity contribution in [1.29, 1.82) is 0 Å². The average Bonchev–Trinajstić information content (AvgIpc) is 2.79. The van der Waals surface area contributed by atoms with Crippen molar-refractivity contribution in [2.75, 3.05) is 19.7 Å². The van der Waals surface area contributed by atoms with Crippen molar-refractivity contribution in [3.63, 3.8) is 0 Å². The fourth-order valence-corrected chi connectivity index (χ4v) is 2.73. The Balaban J connectivity index is 1.98. The van der Waals surface area contributed by atoms with Gasteiger partial charge in [0.05, 0.1) is 9.95 Å². The second-order valence-electron chi connectivity index (χ2n) is 4.93. The van der Waals surface area contributed by atoms with Gasteiger partial charge in [-0.1, -0.05) is 11.6 Å². The van der Waals surface area contributed by atoms with Crippen LogP contribution < -0.4 is 0 Å². The van der Waals surface area contributed by atoms with Crippen molar-refractivity contribution >= 4 is 17.3 Å². The number of nitro groups is 1. The first-order valence-electron chi connectivity index (χ1n) is 6.36. The molecule has 0 spiro atoms. The normalized spacial score (nSPS) is 19.8. The van der Waals surface area contributed by atoms with E-state index in [0.29, 0.717) is 17.5 Å². The molecule has 0 aliphatic carbocycles. The Hall–Kier alpha value is -1.17. The summed E-state index contributed by atoms with van der Waals surface area (Å²) >= 11 is 6.08. The number of aliphatic hydroxyl groups is 1. The number of non-ortho nitro benzene ring substituents is 1. The maximum Gasteiger partial charge on any atom is 0.270 e. The van der Waals surface area contributed by atoms with Gasteiger partial charge >= 0.3 is 0 Å². The molecule has 1 aliphatic heterocycles. The number of benzene rings is 1. The van der Waals surface area contributed by atoms with Gasteiger partial charge in [-0.15, -0.1) is 0 Å². The molecule has 19 heavy (non-hydrogen) atoms. The van der Waals surface area contributed by atoms with Crippen LogP contribution in [0.1, 0.15) is 18.4 Å². The van der Waals surface area contributed by atoms with Crippen LogP contribution in [-0.4, -0.2) is 34.6 Å². The minimum atomic E-state index is -0.442. The Morgan fingerprint density at radius 3 is 2.95 bits per heavy atom. The van der Waals surface area contributed by atoms with Crippen LogP contribution in [0, 0.1) is 16.0 Å². The van der Waals surface area contributed by atoms with E-state index in [4.69, 9.17) is 16.7 Å². The largest absolute Gasteiger partial charge is 0.396 e. The van der Waals surface area contributed by atoms with Crippen molar-refractivity contribution in [1.82, 2.24) is 4.90 Å². The Morgan fingerprint density at radius 2 is 2.32 bits per heavy atom. The van der Waals surface area contributed by atoms with E-state index < -0.39 is 4.92 Å². The molecule has 2 rings (SSSR count). The van der Waals surface area contributed by atoms with Gasteiger partial charge in [0.15, 0.2) is 0 Å². The van der Waals surface area contributed by atoms with Crippen molar-refractivity contribution in [3.05, 3.63) is 38.9 Å². The minimum Gasteiger partial charge on any atom is -0.396 e. The van der Waals surface area contributed by atoms with Crippen LogP contribution in [0.5, 0.6) is 0 Å². The molecule has 104 valence electrons. The first-order valence-corrected chi connectivity index (χ1v) is 6.74. The van der Waals surface area contributed by atoms with E-state index in [-0.39, 0.29) is 12.3 Å². The van der Waals surface area contributed by atoms with Crippen LogP contribution in [0.15, 0.2) is 18.2 Å². The highest BCUT2D eigenvalue weighted by molar-refractivity contribution is 6.31. The van der Waals surface area contributed by atoms with Crippen molar-refractivity contribution in [2.45, 2.75) is 19.4 Å². The molecule has 0 saturated carbocycles. The molecular weight excluding hydrogens is 268 g/mol. The summed E-state index contributed by atoms with van der Waals surface area (Å²) in [6.45, 7) is 2.88. The zero-order chi connectivity index (χ0) is 13.8. The van der Waals surface area contributed by atoms with E-state index in [1.54, 1.807) is 6.07 Å². The number of nitro benzene ring substituents is 1. The summed E-state index contributed by atoms with van der Waals surface area (Å²) in [6.07, 6.45) is 1.93. The lowest BCUT2D eigenvalue weighted by atomic mass is 10.1. The second kappa shape index (κ2) is 6.32. The Labute approximate surface area is 116 Å². The molecule has 0 amide bonds. The first-order chi connectivity index (χ1) is 9.10. The number of hydrogen-bond donors (Lipinski definition) is 1. The second-order valence-corrected chi connectivity index (χ2v) is 5.34. The molecule has 1 unspecified atom stereocenters. The first kappa shape index (κ1) is 14.2. The molecule has 1 fully saturated rings. The van der Waals surface area contributed by atoms with E-state index in [1.807, 2.05) is 0 Å². The lowest BCUT2D eigenvalue weighted by Crippen LogP contribution is -2.20. The Morgan fingerprint density at radius 1 is 1.53 bits per heavy atom. The highest BCUT2D eigenvalue weighted by Gasteiger charge is 2.22. The van der Waals surface area contributed by atoms with E-state index >= 15 is 0 Å². The fourth-order valence-electron chi connectivity index (χ4n) is 2.49. The standard InChI is InChI=1S/C13H17ClN2O3/c14-13-7-12(16(18)19)2-1-11(13)9-15-5-3-10(8-15)4-6-17/h1-2,7,10,17H,3-6,8-9H2. The minimum absolute atomic E-state index is 0.0216. The van der Waals surface area contributed by atoms with Crippen LogP contribution >= 0.6 is 11.6 Å². The molecule has 0 aromatic heterocycles. The number of nitrogens with zero attached hydrogens (tertiary/aromatic N) is 2. The van der Waals surface area contributed by atoms with Crippen LogP contribution in [-0.2, 0) is 6.54 Å². The zero-order valence-electron chi connectivity index (χ0n) is 10.6. The summed E-state index contributed by atoms with van der Waals surface area (Å²) in [4.78, 5) is 12.5. The van der Waals surface area contributed by atoms with Gasteiger partial charge in [-0.3, -0.25) is 15.0 Å². The third kappa shape index (κ3) is 3.65. The molecule has 1 atom stereocenters. The SMILES string of the molecule is O=[N+]([O-])c1ccc(CN2CCC(CCO)C2)c(Cl)c1. The van der Waals surface area contributed by atoms with Crippen LogP contribution in [0.2, 0.25) is 5.02 Å². The molecule has 1 saturated heterocycles. The highest BCUT2D eigenvalue weighted by atomic mass is 35.5. The quantitative estimate of drug-likeness (QED) is 0.666. The predicted molar refractivity (Wildman–Crippen MR) is 73.2 cm³/mol. The number of likely N-dealkylation sites (tertiary alicyclic amines) is 1. The Kier molecular flexibility index (Phi) is 4.74. The molecule has 1 aromatic carbocycles. The maximum absolute atomic E-state index is 10.6. The molecule has 1 N–H and O–H groups in total. The molecule has 1 aromatic rings. The third-order valence-electron chi connectivity index (χ3n) is 3.55. The smallest absolute Gasteiger partial charge is 0.270 e. The van der Waals surface area contributed by atoms with Gasteiger partial charge in [-0.2, -0.15) is 0 Å². The summed E-state index contributed by atoms with van der Waals surface area (Å²) in [5.41, 5.74) is 0.935. The van der Waals surface area contributed by atoms with Gasteiger partial charge in [0.2, 0.25) is 0 Å². The van der Waals surface area contributed by atoms with Gasteiger partial charge in [-0.25, -0.2) is 0 Å². The molecule has 0 radical (unpaired) electrons. The lowest BCUT2D eigenvalue weighted by Gasteiger charge is -2.16. The summed E-state index contributed by atoms with van der Waals surface area (Å²) in [7, 11) is 0. The number of hydrogen-bond acceptors (Lipinski definition) is 4. The number of rotatable bonds is 5.